The van der Waals surface area contributed by atoms with E-state index in [-0.39, 0.29) is 17.5 Å². The van der Waals surface area contributed by atoms with Gasteiger partial charge in [0, 0.05) is 28.3 Å². The Labute approximate surface area is 148 Å². The summed E-state index contributed by atoms with van der Waals surface area (Å²) in [6.07, 6.45) is 1.33. The van der Waals surface area contributed by atoms with Gasteiger partial charge in [0.25, 0.3) is 5.91 Å². The van der Waals surface area contributed by atoms with Crippen LogP contribution >= 0.6 is 23.2 Å². The van der Waals surface area contributed by atoms with Gasteiger partial charge in [-0.3, -0.25) is 9.59 Å². The molecule has 1 fully saturated rings. The number of aromatic nitrogens is 1. The molecule has 1 atom stereocenters. The van der Waals surface area contributed by atoms with Gasteiger partial charge in [-0.05, 0) is 38.0 Å². The molecule has 1 aliphatic rings. The summed E-state index contributed by atoms with van der Waals surface area (Å²) in [4.78, 5) is 26.6. The number of nitrogens with one attached hydrogen (secondary N) is 1. The molecule has 2 heterocycles. The Hall–Kier alpha value is -2.05. The molecule has 2 amide bonds. The third-order valence-electron chi connectivity index (χ3n) is 3.79. The maximum Gasteiger partial charge on any atom is 0.276 e. The summed E-state index contributed by atoms with van der Waals surface area (Å²) in [5, 5.41) is 7.34. The zero-order chi connectivity index (χ0) is 17.3. The van der Waals surface area contributed by atoms with Gasteiger partial charge in [0.2, 0.25) is 5.91 Å². The highest BCUT2D eigenvalue weighted by molar-refractivity contribution is 6.35. The molecule has 0 bridgehead atoms. The maximum absolute atomic E-state index is 12.6. The minimum Gasteiger partial charge on any atom is -0.361 e. The van der Waals surface area contributed by atoms with Crippen LogP contribution in [0.5, 0.6) is 0 Å². The summed E-state index contributed by atoms with van der Waals surface area (Å²) in [5.74, 6) is -0.0415. The predicted molar refractivity (Wildman–Crippen MR) is 90.4 cm³/mol. The number of carbonyl (C=O) groups is 2. The van der Waals surface area contributed by atoms with E-state index in [1.807, 2.05) is 0 Å². The first-order chi connectivity index (χ1) is 11.4. The van der Waals surface area contributed by atoms with E-state index in [2.05, 4.69) is 10.5 Å². The second-order valence-electron chi connectivity index (χ2n) is 5.63. The number of rotatable bonds is 3. The van der Waals surface area contributed by atoms with E-state index >= 15 is 0 Å². The van der Waals surface area contributed by atoms with Crippen molar-refractivity contribution in [3.8, 4) is 0 Å². The van der Waals surface area contributed by atoms with Crippen molar-refractivity contribution in [1.82, 2.24) is 10.1 Å². The van der Waals surface area contributed by atoms with Crippen LogP contribution in [0.25, 0.3) is 0 Å². The molecule has 1 aromatic heterocycles. The molecule has 2 aromatic rings. The molecule has 0 saturated carbocycles. The minimum absolute atomic E-state index is 0.206. The lowest BCUT2D eigenvalue weighted by molar-refractivity contribution is -0.119. The van der Waals surface area contributed by atoms with Gasteiger partial charge in [0.05, 0.1) is 0 Å². The molecule has 0 aliphatic carbocycles. The van der Waals surface area contributed by atoms with E-state index in [0.29, 0.717) is 34.5 Å². The summed E-state index contributed by atoms with van der Waals surface area (Å²) in [5.41, 5.74) is 0.701. The first-order valence-electron chi connectivity index (χ1n) is 7.45. The Kier molecular flexibility index (Phi) is 4.78. The Bertz CT molecular complexity index is 770. The van der Waals surface area contributed by atoms with Gasteiger partial charge in [-0.1, -0.05) is 28.4 Å². The number of amides is 2. The van der Waals surface area contributed by atoms with Crippen molar-refractivity contribution in [2.45, 2.75) is 25.8 Å². The van der Waals surface area contributed by atoms with Crippen molar-refractivity contribution in [2.75, 3.05) is 11.9 Å². The third-order valence-corrected chi connectivity index (χ3v) is 4.23. The van der Waals surface area contributed by atoms with Crippen LogP contribution in [0, 0.1) is 6.92 Å². The van der Waals surface area contributed by atoms with Crippen LogP contribution in [0.3, 0.4) is 0 Å². The maximum atomic E-state index is 12.6. The smallest absolute Gasteiger partial charge is 0.276 e. The Balaban J connectivity index is 1.75. The Morgan fingerprint density at radius 2 is 1.96 bits per heavy atom. The number of aryl methyl sites for hydroxylation is 1. The highest BCUT2D eigenvalue weighted by Crippen LogP contribution is 2.25. The molecule has 1 aliphatic heterocycles. The predicted octanol–water partition coefficient (Wildman–Crippen LogP) is 3.53. The van der Waals surface area contributed by atoms with Crippen LogP contribution in [0.15, 0.2) is 28.8 Å². The standard InChI is InChI=1S/C16H15Cl2N3O3/c1-9-5-13(20-24-9)16(23)21-4-2-3-14(21)15(22)19-12-7-10(17)6-11(18)8-12/h5-8,14H,2-4H2,1H3,(H,19,22)/t14-/m1/s1. The number of carbonyl (C=O) groups excluding carboxylic acids is 2. The molecule has 6 nitrogen and oxygen atoms in total. The summed E-state index contributed by atoms with van der Waals surface area (Å²) in [7, 11) is 0. The van der Waals surface area contributed by atoms with Crippen molar-refractivity contribution >= 4 is 40.7 Å². The quantitative estimate of drug-likeness (QED) is 0.899. The summed E-state index contributed by atoms with van der Waals surface area (Å²) in [6, 6.07) is 5.79. The van der Waals surface area contributed by atoms with Gasteiger partial charge >= 0.3 is 0 Å². The molecule has 0 unspecified atom stereocenters. The Morgan fingerprint density at radius 1 is 1.25 bits per heavy atom. The molecule has 0 radical (unpaired) electrons. The van der Waals surface area contributed by atoms with E-state index in [0.717, 1.165) is 6.42 Å². The first-order valence-corrected chi connectivity index (χ1v) is 8.21. The summed E-state index contributed by atoms with van der Waals surface area (Å²) < 4.78 is 4.94. The molecular formula is C16H15Cl2N3O3. The van der Waals surface area contributed by atoms with Gasteiger partial charge in [0.15, 0.2) is 5.69 Å². The summed E-state index contributed by atoms with van der Waals surface area (Å²) in [6.45, 7) is 2.21. The lowest BCUT2D eigenvalue weighted by Crippen LogP contribution is -2.43. The lowest BCUT2D eigenvalue weighted by Gasteiger charge is -2.23. The summed E-state index contributed by atoms with van der Waals surface area (Å²) >= 11 is 11.9. The molecule has 8 heteroatoms. The molecular weight excluding hydrogens is 353 g/mol. The fourth-order valence-corrected chi connectivity index (χ4v) is 3.27. The van der Waals surface area contributed by atoms with Gasteiger partial charge in [-0.25, -0.2) is 0 Å². The van der Waals surface area contributed by atoms with E-state index in [9.17, 15) is 9.59 Å². The normalized spacial score (nSPS) is 17.1. The van der Waals surface area contributed by atoms with Crippen molar-refractivity contribution in [1.29, 1.82) is 0 Å². The van der Waals surface area contributed by atoms with Crippen LogP contribution < -0.4 is 5.32 Å². The number of benzene rings is 1. The van der Waals surface area contributed by atoms with Crippen LogP contribution in [-0.4, -0.2) is 34.5 Å². The molecule has 1 aromatic carbocycles. The number of hydrogen-bond acceptors (Lipinski definition) is 4. The SMILES string of the molecule is Cc1cc(C(=O)N2CCC[C@@H]2C(=O)Nc2cc(Cl)cc(Cl)c2)no1. The third kappa shape index (κ3) is 3.55. The van der Waals surface area contributed by atoms with Gasteiger partial charge in [-0.2, -0.15) is 0 Å². The fourth-order valence-electron chi connectivity index (χ4n) is 2.75. The molecule has 126 valence electrons. The average molecular weight is 368 g/mol. The number of hydrogen-bond donors (Lipinski definition) is 1. The van der Waals surface area contributed by atoms with E-state index in [4.69, 9.17) is 27.7 Å². The van der Waals surface area contributed by atoms with Crippen LogP contribution in [0.2, 0.25) is 10.0 Å². The highest BCUT2D eigenvalue weighted by Gasteiger charge is 2.35. The van der Waals surface area contributed by atoms with Crippen LogP contribution in [-0.2, 0) is 4.79 Å². The number of anilines is 1. The van der Waals surface area contributed by atoms with Gasteiger partial charge < -0.3 is 14.7 Å². The second kappa shape index (κ2) is 6.83. The number of nitrogens with zero attached hydrogens (tertiary/aromatic N) is 2. The van der Waals surface area contributed by atoms with Crippen LogP contribution in [0.4, 0.5) is 5.69 Å². The molecule has 3 rings (SSSR count). The highest BCUT2D eigenvalue weighted by atomic mass is 35.5. The van der Waals surface area contributed by atoms with E-state index in [1.165, 1.54) is 4.90 Å². The van der Waals surface area contributed by atoms with Crippen molar-refractivity contribution in [2.24, 2.45) is 0 Å². The van der Waals surface area contributed by atoms with Crippen molar-refractivity contribution < 1.29 is 14.1 Å². The van der Waals surface area contributed by atoms with Crippen molar-refractivity contribution in [3.63, 3.8) is 0 Å². The first kappa shape index (κ1) is 16.8. The van der Waals surface area contributed by atoms with Crippen molar-refractivity contribution in [3.05, 3.63) is 45.8 Å². The topological polar surface area (TPSA) is 75.4 Å². The Morgan fingerprint density at radius 3 is 2.58 bits per heavy atom. The van der Waals surface area contributed by atoms with E-state index < -0.39 is 6.04 Å². The zero-order valence-electron chi connectivity index (χ0n) is 12.9. The molecule has 0 spiro atoms. The molecule has 24 heavy (non-hydrogen) atoms. The molecule has 1 saturated heterocycles. The number of halogens is 2. The van der Waals surface area contributed by atoms with Gasteiger partial charge in [-0.15, -0.1) is 0 Å². The number of likely N-dealkylation sites (tertiary alicyclic amines) is 1. The second-order valence-corrected chi connectivity index (χ2v) is 6.50. The van der Waals surface area contributed by atoms with Gasteiger partial charge in [0.1, 0.15) is 11.8 Å². The lowest BCUT2D eigenvalue weighted by atomic mass is 10.2. The zero-order valence-corrected chi connectivity index (χ0v) is 14.4. The average Bonchev–Trinajstić information content (AvgIpc) is 3.14. The largest absolute Gasteiger partial charge is 0.361 e. The minimum atomic E-state index is -0.563. The monoisotopic (exact) mass is 367 g/mol. The van der Waals surface area contributed by atoms with Crippen LogP contribution in [0.1, 0.15) is 29.1 Å². The van der Waals surface area contributed by atoms with E-state index in [1.54, 1.807) is 31.2 Å². The molecule has 1 N–H and O–H groups in total. The fraction of sp³-hybridized carbons (Fsp3) is 0.312.